The van der Waals surface area contributed by atoms with Crippen molar-refractivity contribution in [1.82, 2.24) is 25.1 Å². The number of likely N-dealkylation sites (tertiary alicyclic amines) is 1. The van der Waals surface area contributed by atoms with Crippen molar-refractivity contribution in [2.75, 3.05) is 11.9 Å². The summed E-state index contributed by atoms with van der Waals surface area (Å²) in [5, 5.41) is 13.2. The van der Waals surface area contributed by atoms with Crippen LogP contribution in [0.15, 0.2) is 0 Å². The number of nitrogens with zero attached hydrogens (tertiary/aromatic N) is 5. The predicted molar refractivity (Wildman–Crippen MR) is 65.3 cm³/mol. The Bertz CT molecular complexity index is 327. The Morgan fingerprint density at radius 3 is 3.06 bits per heavy atom. The normalized spacial score (nSPS) is 21.8. The lowest BCUT2D eigenvalue weighted by Crippen LogP contribution is -2.29. The number of rotatable bonds is 5. The van der Waals surface area contributed by atoms with Crippen molar-refractivity contribution in [3.05, 3.63) is 5.82 Å². The molecule has 1 fully saturated rings. The summed E-state index contributed by atoms with van der Waals surface area (Å²) >= 11 is 3.49. The van der Waals surface area contributed by atoms with Crippen molar-refractivity contribution in [2.24, 2.45) is 7.05 Å². The molecule has 1 aromatic heterocycles. The second-order valence-electron chi connectivity index (χ2n) is 4.29. The molecule has 2 rings (SSSR count). The van der Waals surface area contributed by atoms with Crippen LogP contribution >= 0.6 is 15.9 Å². The van der Waals surface area contributed by atoms with Gasteiger partial charge in [0.05, 0.1) is 13.6 Å². The van der Waals surface area contributed by atoms with Crippen molar-refractivity contribution in [3.63, 3.8) is 0 Å². The minimum Gasteiger partial charge on any atom is -0.293 e. The van der Waals surface area contributed by atoms with Gasteiger partial charge in [-0.1, -0.05) is 15.9 Å². The maximum Gasteiger partial charge on any atom is 0.188 e. The monoisotopic (exact) mass is 287 g/mol. The van der Waals surface area contributed by atoms with E-state index in [0.717, 1.165) is 17.7 Å². The number of hydrogen-bond donors (Lipinski definition) is 0. The average molecular weight is 288 g/mol. The summed E-state index contributed by atoms with van der Waals surface area (Å²) in [5.74, 6) is 0.841. The Kier molecular flexibility index (Phi) is 4.29. The summed E-state index contributed by atoms with van der Waals surface area (Å²) in [6.45, 7) is 2.02. The summed E-state index contributed by atoms with van der Waals surface area (Å²) in [6.07, 6.45) is 5.13. The van der Waals surface area contributed by atoms with Crippen LogP contribution in [0.4, 0.5) is 0 Å². The van der Waals surface area contributed by atoms with Gasteiger partial charge in [0.25, 0.3) is 0 Å². The maximum absolute atomic E-state index is 4.23. The van der Waals surface area contributed by atoms with E-state index in [1.165, 1.54) is 37.0 Å². The number of aromatic nitrogens is 4. The Morgan fingerprint density at radius 1 is 1.50 bits per heavy atom. The summed E-state index contributed by atoms with van der Waals surface area (Å²) in [4.78, 5) is 4.01. The van der Waals surface area contributed by atoms with Crippen molar-refractivity contribution >= 4 is 15.9 Å². The standard InChI is InChI=1S/C10H18BrN5/c1-15-13-10(12-14-15)8-16-7-3-5-9(16)4-2-6-11/h9H,2-8H2,1H3. The van der Waals surface area contributed by atoms with Crippen molar-refractivity contribution in [1.29, 1.82) is 0 Å². The highest BCUT2D eigenvalue weighted by Crippen LogP contribution is 2.22. The molecule has 1 aliphatic rings. The van der Waals surface area contributed by atoms with Gasteiger partial charge in [-0.2, -0.15) is 4.80 Å². The van der Waals surface area contributed by atoms with E-state index in [-0.39, 0.29) is 0 Å². The Labute approximate surface area is 104 Å². The van der Waals surface area contributed by atoms with Crippen LogP contribution in [0.2, 0.25) is 0 Å². The molecule has 0 N–H and O–H groups in total. The zero-order chi connectivity index (χ0) is 11.4. The Hall–Kier alpha value is -0.490. The third-order valence-corrected chi connectivity index (χ3v) is 3.63. The van der Waals surface area contributed by atoms with E-state index < -0.39 is 0 Å². The lowest BCUT2D eigenvalue weighted by Gasteiger charge is -2.22. The molecule has 5 nitrogen and oxygen atoms in total. The van der Waals surface area contributed by atoms with Crippen LogP contribution in [0.1, 0.15) is 31.5 Å². The van der Waals surface area contributed by atoms with Crippen LogP contribution in [-0.2, 0) is 13.6 Å². The molecule has 1 unspecified atom stereocenters. The molecule has 1 aliphatic heterocycles. The van der Waals surface area contributed by atoms with Gasteiger partial charge >= 0.3 is 0 Å². The van der Waals surface area contributed by atoms with Crippen LogP contribution < -0.4 is 0 Å². The molecule has 0 radical (unpaired) electrons. The Morgan fingerprint density at radius 2 is 2.38 bits per heavy atom. The maximum atomic E-state index is 4.23. The molecule has 0 spiro atoms. The topological polar surface area (TPSA) is 46.8 Å². The molecule has 0 aliphatic carbocycles. The van der Waals surface area contributed by atoms with E-state index in [1.54, 1.807) is 0 Å². The summed E-state index contributed by atoms with van der Waals surface area (Å²) < 4.78 is 0. The van der Waals surface area contributed by atoms with E-state index >= 15 is 0 Å². The highest BCUT2D eigenvalue weighted by atomic mass is 79.9. The number of hydrogen-bond acceptors (Lipinski definition) is 4. The van der Waals surface area contributed by atoms with Gasteiger partial charge in [-0.15, -0.1) is 10.2 Å². The van der Waals surface area contributed by atoms with E-state index in [2.05, 4.69) is 36.2 Å². The van der Waals surface area contributed by atoms with E-state index in [1.807, 2.05) is 7.05 Å². The van der Waals surface area contributed by atoms with Crippen molar-refractivity contribution < 1.29 is 0 Å². The minimum absolute atomic E-state index is 0.710. The Balaban J connectivity index is 1.88. The van der Waals surface area contributed by atoms with Crippen LogP contribution in [-0.4, -0.2) is 43.0 Å². The van der Waals surface area contributed by atoms with Gasteiger partial charge in [0, 0.05) is 11.4 Å². The molecule has 1 saturated heterocycles. The van der Waals surface area contributed by atoms with Gasteiger partial charge in [0.2, 0.25) is 0 Å². The van der Waals surface area contributed by atoms with Crippen LogP contribution in [0.3, 0.4) is 0 Å². The molecule has 1 atom stereocenters. The number of tetrazole rings is 1. The number of halogens is 1. The van der Waals surface area contributed by atoms with Gasteiger partial charge in [-0.05, 0) is 37.4 Å². The zero-order valence-electron chi connectivity index (χ0n) is 9.64. The summed E-state index contributed by atoms with van der Waals surface area (Å²) in [6, 6.07) is 0.710. The van der Waals surface area contributed by atoms with Gasteiger partial charge in [-0.3, -0.25) is 4.90 Å². The van der Waals surface area contributed by atoms with Crippen molar-refractivity contribution in [3.8, 4) is 0 Å². The zero-order valence-corrected chi connectivity index (χ0v) is 11.2. The molecule has 6 heteroatoms. The third kappa shape index (κ3) is 3.01. The lowest BCUT2D eigenvalue weighted by atomic mass is 10.1. The molecule has 16 heavy (non-hydrogen) atoms. The fourth-order valence-electron chi connectivity index (χ4n) is 2.31. The fourth-order valence-corrected chi connectivity index (χ4v) is 2.64. The highest BCUT2D eigenvalue weighted by Gasteiger charge is 2.24. The van der Waals surface area contributed by atoms with E-state index in [9.17, 15) is 0 Å². The molecule has 1 aromatic rings. The van der Waals surface area contributed by atoms with E-state index in [0.29, 0.717) is 6.04 Å². The first-order chi connectivity index (χ1) is 7.79. The van der Waals surface area contributed by atoms with Crippen LogP contribution in [0.5, 0.6) is 0 Å². The molecular formula is C10H18BrN5. The molecule has 0 saturated carbocycles. The first-order valence-corrected chi connectivity index (χ1v) is 6.94. The minimum atomic E-state index is 0.710. The summed E-state index contributed by atoms with van der Waals surface area (Å²) in [5.41, 5.74) is 0. The second kappa shape index (κ2) is 5.72. The van der Waals surface area contributed by atoms with Crippen LogP contribution in [0.25, 0.3) is 0 Å². The molecule has 0 amide bonds. The third-order valence-electron chi connectivity index (χ3n) is 3.06. The largest absolute Gasteiger partial charge is 0.293 e. The predicted octanol–water partition coefficient (Wildman–Crippen LogP) is 1.35. The van der Waals surface area contributed by atoms with Crippen molar-refractivity contribution in [2.45, 2.75) is 38.3 Å². The van der Waals surface area contributed by atoms with Gasteiger partial charge in [-0.25, -0.2) is 0 Å². The second-order valence-corrected chi connectivity index (χ2v) is 5.09. The first kappa shape index (κ1) is 12.0. The first-order valence-electron chi connectivity index (χ1n) is 5.82. The number of alkyl halides is 1. The van der Waals surface area contributed by atoms with E-state index in [4.69, 9.17) is 0 Å². The lowest BCUT2D eigenvalue weighted by molar-refractivity contribution is 0.228. The van der Waals surface area contributed by atoms with Gasteiger partial charge in [0.1, 0.15) is 0 Å². The molecule has 2 heterocycles. The fraction of sp³-hybridized carbons (Fsp3) is 0.900. The average Bonchev–Trinajstić information content (AvgIpc) is 2.86. The molecule has 0 aromatic carbocycles. The summed E-state index contributed by atoms with van der Waals surface area (Å²) in [7, 11) is 1.81. The molecule has 90 valence electrons. The molecular weight excluding hydrogens is 270 g/mol. The quantitative estimate of drug-likeness (QED) is 0.767. The van der Waals surface area contributed by atoms with Gasteiger partial charge < -0.3 is 0 Å². The smallest absolute Gasteiger partial charge is 0.188 e. The van der Waals surface area contributed by atoms with Crippen LogP contribution in [0, 0.1) is 0 Å². The molecule has 0 bridgehead atoms. The highest BCUT2D eigenvalue weighted by molar-refractivity contribution is 9.09. The van der Waals surface area contributed by atoms with Gasteiger partial charge in [0.15, 0.2) is 5.82 Å². The SMILES string of the molecule is Cn1nnc(CN2CCCC2CCCBr)n1. The number of aryl methyl sites for hydroxylation is 1.